The Bertz CT molecular complexity index is 522. The SMILES string of the molecule is O=Cc1cc(Cc2cccc(F)c2F)on1. The van der Waals surface area contributed by atoms with Crippen LogP contribution in [0.3, 0.4) is 0 Å². The Labute approximate surface area is 89.7 Å². The minimum atomic E-state index is -0.911. The number of rotatable bonds is 3. The molecule has 1 aromatic heterocycles. The molecule has 0 aliphatic heterocycles. The maximum atomic E-state index is 13.3. The zero-order valence-electron chi connectivity index (χ0n) is 8.11. The molecule has 0 atom stereocenters. The molecule has 16 heavy (non-hydrogen) atoms. The van der Waals surface area contributed by atoms with Crippen molar-refractivity contribution in [2.45, 2.75) is 6.42 Å². The van der Waals surface area contributed by atoms with Gasteiger partial charge < -0.3 is 4.52 Å². The van der Waals surface area contributed by atoms with Gasteiger partial charge in [-0.3, -0.25) is 4.79 Å². The lowest BCUT2D eigenvalue weighted by atomic mass is 10.1. The van der Waals surface area contributed by atoms with E-state index in [1.165, 1.54) is 18.2 Å². The average molecular weight is 223 g/mol. The Morgan fingerprint density at radius 1 is 1.38 bits per heavy atom. The van der Waals surface area contributed by atoms with E-state index in [4.69, 9.17) is 4.52 Å². The zero-order chi connectivity index (χ0) is 11.5. The van der Waals surface area contributed by atoms with Crippen molar-refractivity contribution in [3.63, 3.8) is 0 Å². The predicted octanol–water partition coefficient (Wildman–Crippen LogP) is 2.36. The van der Waals surface area contributed by atoms with E-state index in [1.807, 2.05) is 0 Å². The minimum Gasteiger partial charge on any atom is -0.360 e. The quantitative estimate of drug-likeness (QED) is 0.750. The molecule has 5 heteroatoms. The molecule has 0 unspecified atom stereocenters. The number of carbonyl (C=O) groups excluding carboxylic acids is 1. The van der Waals surface area contributed by atoms with E-state index in [2.05, 4.69) is 5.16 Å². The molecule has 0 saturated heterocycles. The van der Waals surface area contributed by atoms with Gasteiger partial charge in [0.15, 0.2) is 17.9 Å². The molecule has 0 N–H and O–H groups in total. The molecular formula is C11H7F2NO2. The van der Waals surface area contributed by atoms with E-state index in [0.717, 1.165) is 6.07 Å². The second kappa shape index (κ2) is 4.22. The molecule has 0 aliphatic carbocycles. The summed E-state index contributed by atoms with van der Waals surface area (Å²) < 4.78 is 30.9. The lowest BCUT2D eigenvalue weighted by Crippen LogP contribution is -1.94. The van der Waals surface area contributed by atoms with Crippen LogP contribution in [-0.2, 0) is 6.42 Å². The van der Waals surface area contributed by atoms with Gasteiger partial charge in [-0.25, -0.2) is 8.78 Å². The van der Waals surface area contributed by atoms with E-state index in [-0.39, 0.29) is 17.7 Å². The molecule has 1 heterocycles. The van der Waals surface area contributed by atoms with Crippen molar-refractivity contribution in [2.75, 3.05) is 0 Å². The van der Waals surface area contributed by atoms with Gasteiger partial charge in [0.2, 0.25) is 0 Å². The van der Waals surface area contributed by atoms with Crippen LogP contribution in [0.15, 0.2) is 28.8 Å². The largest absolute Gasteiger partial charge is 0.360 e. The summed E-state index contributed by atoms with van der Waals surface area (Å²) in [6.45, 7) is 0. The van der Waals surface area contributed by atoms with Crippen molar-refractivity contribution in [2.24, 2.45) is 0 Å². The Hall–Kier alpha value is -2.04. The Morgan fingerprint density at radius 2 is 2.19 bits per heavy atom. The van der Waals surface area contributed by atoms with E-state index < -0.39 is 11.6 Å². The van der Waals surface area contributed by atoms with Crippen LogP contribution >= 0.6 is 0 Å². The summed E-state index contributed by atoms with van der Waals surface area (Å²) in [6.07, 6.45) is 0.583. The van der Waals surface area contributed by atoms with Crippen LogP contribution in [0.25, 0.3) is 0 Å². The normalized spacial score (nSPS) is 10.4. The first-order valence-electron chi connectivity index (χ1n) is 4.54. The van der Waals surface area contributed by atoms with E-state index in [9.17, 15) is 13.6 Å². The monoisotopic (exact) mass is 223 g/mol. The predicted molar refractivity (Wildman–Crippen MR) is 51.1 cm³/mol. The van der Waals surface area contributed by atoms with Crippen molar-refractivity contribution < 1.29 is 18.1 Å². The Morgan fingerprint density at radius 3 is 2.88 bits per heavy atom. The van der Waals surface area contributed by atoms with Crippen molar-refractivity contribution >= 4 is 6.29 Å². The molecule has 0 amide bonds. The number of benzene rings is 1. The molecule has 82 valence electrons. The second-order valence-corrected chi connectivity index (χ2v) is 3.23. The lowest BCUT2D eigenvalue weighted by molar-refractivity contribution is 0.111. The van der Waals surface area contributed by atoms with Crippen molar-refractivity contribution in [3.8, 4) is 0 Å². The van der Waals surface area contributed by atoms with Gasteiger partial charge in [0.05, 0.1) is 0 Å². The average Bonchev–Trinajstić information content (AvgIpc) is 2.73. The number of halogens is 2. The van der Waals surface area contributed by atoms with E-state index >= 15 is 0 Å². The summed E-state index contributed by atoms with van der Waals surface area (Å²) in [4.78, 5) is 10.3. The third-order valence-corrected chi connectivity index (χ3v) is 2.09. The van der Waals surface area contributed by atoms with Crippen molar-refractivity contribution in [1.29, 1.82) is 0 Å². The van der Waals surface area contributed by atoms with Crippen molar-refractivity contribution in [1.82, 2.24) is 5.16 Å². The first kappa shape index (κ1) is 10.5. The number of aromatic nitrogens is 1. The first-order chi connectivity index (χ1) is 7.70. The topological polar surface area (TPSA) is 43.1 Å². The summed E-state index contributed by atoms with van der Waals surface area (Å²) in [5.74, 6) is -1.51. The van der Waals surface area contributed by atoms with Gasteiger partial charge in [0, 0.05) is 12.5 Å². The van der Waals surface area contributed by atoms with Crippen LogP contribution in [0.4, 0.5) is 8.78 Å². The standard InChI is InChI=1S/C11H7F2NO2/c12-10-3-1-2-7(11(10)13)4-9-5-8(6-15)14-16-9/h1-3,5-6H,4H2. The molecule has 0 saturated carbocycles. The fourth-order valence-electron chi connectivity index (χ4n) is 1.34. The zero-order valence-corrected chi connectivity index (χ0v) is 8.11. The van der Waals surface area contributed by atoms with Gasteiger partial charge in [-0.1, -0.05) is 17.3 Å². The highest BCUT2D eigenvalue weighted by molar-refractivity contribution is 5.71. The summed E-state index contributed by atoms with van der Waals surface area (Å²) in [7, 11) is 0. The lowest BCUT2D eigenvalue weighted by Gasteiger charge is -2.00. The van der Waals surface area contributed by atoms with Gasteiger partial charge in [0.1, 0.15) is 11.5 Å². The molecule has 2 rings (SSSR count). The van der Waals surface area contributed by atoms with Crippen LogP contribution in [0, 0.1) is 11.6 Å². The van der Waals surface area contributed by atoms with Gasteiger partial charge in [-0.05, 0) is 11.6 Å². The van der Waals surface area contributed by atoms with Crippen LogP contribution in [0.2, 0.25) is 0 Å². The Balaban J connectivity index is 2.26. The highest BCUT2D eigenvalue weighted by Crippen LogP contribution is 2.16. The molecular weight excluding hydrogens is 216 g/mol. The van der Waals surface area contributed by atoms with Crippen LogP contribution in [-0.4, -0.2) is 11.4 Å². The molecule has 2 aromatic rings. The maximum Gasteiger partial charge on any atom is 0.171 e. The fourth-order valence-corrected chi connectivity index (χ4v) is 1.34. The molecule has 0 spiro atoms. The van der Waals surface area contributed by atoms with E-state index in [0.29, 0.717) is 12.0 Å². The summed E-state index contributed by atoms with van der Waals surface area (Å²) in [5.41, 5.74) is 0.292. The fraction of sp³-hybridized carbons (Fsp3) is 0.0909. The minimum absolute atomic E-state index is 0.0600. The molecule has 0 bridgehead atoms. The third kappa shape index (κ3) is 1.98. The number of carbonyl (C=O) groups is 1. The number of hydrogen-bond acceptors (Lipinski definition) is 3. The highest BCUT2D eigenvalue weighted by Gasteiger charge is 2.11. The van der Waals surface area contributed by atoms with Gasteiger partial charge >= 0.3 is 0 Å². The number of aldehydes is 1. The first-order valence-corrected chi connectivity index (χ1v) is 4.54. The van der Waals surface area contributed by atoms with Crippen LogP contribution in [0.1, 0.15) is 21.8 Å². The third-order valence-electron chi connectivity index (χ3n) is 2.09. The van der Waals surface area contributed by atoms with Gasteiger partial charge in [-0.2, -0.15) is 0 Å². The van der Waals surface area contributed by atoms with Crippen LogP contribution < -0.4 is 0 Å². The highest BCUT2D eigenvalue weighted by atomic mass is 19.2. The summed E-state index contributed by atoms with van der Waals surface area (Å²) >= 11 is 0. The van der Waals surface area contributed by atoms with E-state index in [1.54, 1.807) is 0 Å². The van der Waals surface area contributed by atoms with Crippen molar-refractivity contribution in [3.05, 3.63) is 52.9 Å². The van der Waals surface area contributed by atoms with Crippen LogP contribution in [0.5, 0.6) is 0 Å². The van der Waals surface area contributed by atoms with Gasteiger partial charge in [0.25, 0.3) is 0 Å². The van der Waals surface area contributed by atoms with Gasteiger partial charge in [-0.15, -0.1) is 0 Å². The summed E-state index contributed by atoms with van der Waals surface area (Å²) in [5, 5.41) is 3.42. The second-order valence-electron chi connectivity index (χ2n) is 3.23. The smallest absolute Gasteiger partial charge is 0.171 e. The molecule has 0 fully saturated rings. The molecule has 3 nitrogen and oxygen atoms in total. The number of hydrogen-bond donors (Lipinski definition) is 0. The maximum absolute atomic E-state index is 13.3. The molecule has 1 aromatic carbocycles. The molecule has 0 radical (unpaired) electrons. The number of nitrogens with zero attached hydrogens (tertiary/aromatic N) is 1. The summed E-state index contributed by atoms with van der Waals surface area (Å²) in [6, 6.07) is 5.28. The molecule has 0 aliphatic rings. The Kier molecular flexibility index (Phi) is 2.76.